The lowest BCUT2D eigenvalue weighted by atomic mass is 10.1. The van der Waals surface area contributed by atoms with Gasteiger partial charge in [-0.25, -0.2) is 19.2 Å². The van der Waals surface area contributed by atoms with E-state index >= 15 is 0 Å². The van der Waals surface area contributed by atoms with Gasteiger partial charge in [-0.05, 0) is 168 Å². The average molecular weight is 1510 g/mol. The normalized spacial score (nSPS) is 14.3. The SMILES string of the molecule is C.CC(C)(C)OC(=O)NCCCBr.CC1=C(C=O)C=C(C(=O)N2CCN(c3ccccc3)C[C@@H]2C)C1.COC(=O)c1cc(C=O)c(C)[nH]1.COC(=O)c1ccc(C)[nH]1.C[C@H]1CN(c2ccccc2)CCN1.Cc1[nH]c(C(=O)O)cc1C=O.Cc1ccc(C(=O)C(Cl)(Cl)Cl)[nH]1.Cc1ccc[nH]1. The zero-order chi connectivity index (χ0) is 74.0. The van der Waals surface area contributed by atoms with Crippen LogP contribution >= 0.6 is 50.7 Å². The molecule has 1 aliphatic carbocycles. The number of esters is 2. The van der Waals surface area contributed by atoms with Crippen LogP contribution in [-0.2, 0) is 23.8 Å². The largest absolute Gasteiger partial charge is 0.477 e. The topological polar surface area (TPSA) is 314 Å². The number of halogens is 4. The number of carbonyl (C=O) groups excluding carboxylic acids is 8. The highest BCUT2D eigenvalue weighted by molar-refractivity contribution is 9.09. The first-order valence-corrected chi connectivity index (χ1v) is 33.8. The molecule has 0 saturated carbocycles. The number of amides is 2. The average Bonchev–Trinajstić information content (AvgIpc) is 1.44. The molecule has 0 spiro atoms. The summed E-state index contributed by atoms with van der Waals surface area (Å²) in [5.74, 6) is -2.32. The highest BCUT2D eigenvalue weighted by atomic mass is 79.9. The maximum absolute atomic E-state index is 12.8. The number of hydrogen-bond donors (Lipinski definition) is 8. The number of para-hydroxylation sites is 2. The Kier molecular flexibility index (Phi) is 38.6. The number of benzene rings is 2. The molecule has 0 bridgehead atoms. The molecule has 8 N–H and O–H groups in total. The zero-order valence-electron chi connectivity index (χ0n) is 58.2. The highest BCUT2D eigenvalue weighted by Gasteiger charge is 2.33. The van der Waals surface area contributed by atoms with Crippen molar-refractivity contribution in [1.82, 2.24) is 40.5 Å². The highest BCUT2D eigenvalue weighted by Crippen LogP contribution is 2.31. The molecule has 7 aromatic rings. The summed E-state index contributed by atoms with van der Waals surface area (Å²) >= 11 is 19.4. The van der Waals surface area contributed by atoms with Gasteiger partial charge in [0, 0.05) is 132 Å². The third-order valence-corrected chi connectivity index (χ3v) is 15.6. The second-order valence-corrected chi connectivity index (χ2v) is 26.9. The van der Waals surface area contributed by atoms with Crippen molar-refractivity contribution < 1.29 is 62.5 Å². The molecule has 2 amide bonds. The van der Waals surface area contributed by atoms with E-state index in [4.69, 9.17) is 44.6 Å². The minimum Gasteiger partial charge on any atom is -0.477 e. The molecule has 2 aromatic carbocycles. The minimum absolute atomic E-state index is 0. The molecule has 100 heavy (non-hydrogen) atoms. The van der Waals surface area contributed by atoms with Crippen LogP contribution in [0.25, 0.3) is 0 Å². The van der Waals surface area contributed by atoms with E-state index in [1.54, 1.807) is 38.1 Å². The number of nitrogens with zero attached hydrogens (tertiary/aromatic N) is 3. The van der Waals surface area contributed by atoms with Gasteiger partial charge in [-0.15, -0.1) is 0 Å². The molecule has 10 rings (SSSR count). The molecule has 3 aliphatic rings. The van der Waals surface area contributed by atoms with Crippen LogP contribution in [0.2, 0.25) is 0 Å². The van der Waals surface area contributed by atoms with Gasteiger partial charge in [-0.1, -0.05) is 100 Å². The molecule has 544 valence electrons. The van der Waals surface area contributed by atoms with Crippen molar-refractivity contribution in [1.29, 1.82) is 0 Å². The zero-order valence-corrected chi connectivity index (χ0v) is 62.1. The van der Waals surface area contributed by atoms with Crippen molar-refractivity contribution in [3.8, 4) is 0 Å². The van der Waals surface area contributed by atoms with Crippen LogP contribution in [0.3, 0.4) is 0 Å². The third-order valence-electron chi connectivity index (χ3n) is 14.5. The van der Waals surface area contributed by atoms with Gasteiger partial charge in [-0.3, -0.25) is 24.0 Å². The number of carboxylic acid groups (broad SMARTS) is 1. The number of aryl methyl sites for hydroxylation is 5. The van der Waals surface area contributed by atoms with E-state index in [0.717, 1.165) is 73.3 Å². The Morgan fingerprint density at radius 2 is 1.17 bits per heavy atom. The molecule has 2 saturated heterocycles. The number of aromatic carboxylic acids is 1. The first-order chi connectivity index (χ1) is 46.8. The minimum atomic E-state index is -1.88. The molecule has 2 atom stereocenters. The van der Waals surface area contributed by atoms with Gasteiger partial charge in [0.15, 0.2) is 12.6 Å². The summed E-state index contributed by atoms with van der Waals surface area (Å²) in [6.07, 6.45) is 6.99. The number of aromatic amines is 5. The fourth-order valence-corrected chi connectivity index (χ4v) is 9.97. The number of rotatable bonds is 13. The lowest BCUT2D eigenvalue weighted by Crippen LogP contribution is -2.54. The lowest BCUT2D eigenvalue weighted by Gasteiger charge is -2.41. The van der Waals surface area contributed by atoms with Crippen LogP contribution in [0.5, 0.6) is 0 Å². The van der Waals surface area contributed by atoms with Crippen LogP contribution in [0.4, 0.5) is 16.2 Å². The van der Waals surface area contributed by atoms with Gasteiger partial charge < -0.3 is 69.6 Å². The molecular formula is C73H96BrCl3N10O13. The number of piperazine rings is 2. The molecule has 2 fully saturated rings. The van der Waals surface area contributed by atoms with E-state index in [-0.39, 0.29) is 37.1 Å². The number of Topliss-reactive ketones (excluding diaryl/α,β-unsaturated/α-hetero) is 1. The van der Waals surface area contributed by atoms with Gasteiger partial charge in [0.2, 0.25) is 11.7 Å². The number of alkyl halides is 4. The van der Waals surface area contributed by atoms with E-state index in [0.29, 0.717) is 83.3 Å². The number of H-pyrrole nitrogens is 5. The van der Waals surface area contributed by atoms with Gasteiger partial charge in [0.05, 0.1) is 19.9 Å². The predicted molar refractivity (Wildman–Crippen MR) is 399 cm³/mol. The smallest absolute Gasteiger partial charge is 0.407 e. The first-order valence-electron chi connectivity index (χ1n) is 31.5. The molecule has 23 nitrogen and oxygen atoms in total. The van der Waals surface area contributed by atoms with E-state index in [9.17, 15) is 43.2 Å². The van der Waals surface area contributed by atoms with Crippen LogP contribution in [0, 0.1) is 34.6 Å². The van der Waals surface area contributed by atoms with Gasteiger partial charge in [0.25, 0.3) is 3.79 Å². The van der Waals surface area contributed by atoms with E-state index in [1.165, 1.54) is 43.4 Å². The number of nitrogens with one attached hydrogen (secondary N) is 7. The van der Waals surface area contributed by atoms with Gasteiger partial charge >= 0.3 is 24.0 Å². The number of hydrogen-bond acceptors (Lipinski definition) is 15. The third kappa shape index (κ3) is 31.1. The number of allylic oxidation sites excluding steroid dienone is 3. The van der Waals surface area contributed by atoms with Crippen molar-refractivity contribution in [2.75, 3.05) is 75.2 Å². The van der Waals surface area contributed by atoms with Crippen molar-refractivity contribution in [3.63, 3.8) is 0 Å². The van der Waals surface area contributed by atoms with E-state index in [2.05, 4.69) is 127 Å². The number of methoxy groups -OCH3 is 2. The number of carboxylic acids is 1. The van der Waals surface area contributed by atoms with Crippen LogP contribution in [0.1, 0.15) is 153 Å². The van der Waals surface area contributed by atoms with Gasteiger partial charge in [-0.2, -0.15) is 0 Å². The number of anilines is 2. The number of aldehydes is 3. The Morgan fingerprint density at radius 1 is 0.650 bits per heavy atom. The Morgan fingerprint density at radius 3 is 1.56 bits per heavy atom. The molecule has 2 aliphatic heterocycles. The second-order valence-electron chi connectivity index (χ2n) is 23.8. The van der Waals surface area contributed by atoms with Crippen LogP contribution in [-0.4, -0.2) is 176 Å². The number of carbonyl (C=O) groups is 9. The number of aromatic nitrogens is 5. The quantitative estimate of drug-likeness (QED) is 0.0133. The molecule has 0 radical (unpaired) electrons. The summed E-state index contributed by atoms with van der Waals surface area (Å²) in [5.41, 5.74) is 10.8. The van der Waals surface area contributed by atoms with E-state index < -0.39 is 27.1 Å². The summed E-state index contributed by atoms with van der Waals surface area (Å²) in [4.78, 5) is 119. The molecule has 5 aromatic heterocycles. The molecule has 7 heterocycles. The lowest BCUT2D eigenvalue weighted by molar-refractivity contribution is -0.129. The van der Waals surface area contributed by atoms with Crippen molar-refractivity contribution >= 4 is 117 Å². The fourth-order valence-electron chi connectivity index (χ4n) is 9.39. The van der Waals surface area contributed by atoms with Crippen LogP contribution < -0.4 is 20.4 Å². The van der Waals surface area contributed by atoms with Crippen LogP contribution in [0.15, 0.2) is 138 Å². The fraction of sp³-hybridized carbons (Fsp3) is 0.384. The summed E-state index contributed by atoms with van der Waals surface area (Å²) in [7, 11) is 2.65. The van der Waals surface area contributed by atoms with Crippen molar-refractivity contribution in [2.24, 2.45) is 0 Å². The summed E-state index contributed by atoms with van der Waals surface area (Å²) in [6, 6.07) is 35.3. The van der Waals surface area contributed by atoms with Crippen molar-refractivity contribution in [2.45, 2.75) is 118 Å². The standard InChI is InChI=1S/C19H22N2O2.C11H16N2.C8H16BrNO2.C8H9NO3.C7H6Cl3NO.C7H7NO3.C7H9NO2.C5H7N.CH4/c1-14-10-16(11-17(14)13-22)19(23)21-9-8-20(12-15(21)2)18-6-4-3-5-7-18;1-10-9-13(8-7-12-10)11-5-3-2-4-6-11;1-8(2,3)12-7(11)10-6-4-5-9;1-5-6(4-10)3-7(9-5)8(11)12-2;1-4-2-3-5(11-4)6(12)7(8,9)10;1-4-5(3-9)2-6(8-4)7(10)11;1-5-3-4-6(8-5)7(9)10-2;1-5-3-2-4-6-5;/h3-7,11,13,15H,8-10,12H2,1-2H3;2-6,10,12H,7-9H2,1H3;4-6H2,1-3H3,(H,10,11);3-4,9H,1-2H3;2-3,11H,1H3;2-3,8H,1H3,(H,10,11);3-4,8H,1-2H3;2-4,6H,1H3;1H4/t15-;10-;;;;;;;/m00......./s1. The summed E-state index contributed by atoms with van der Waals surface area (Å²) in [5, 5.41) is 15.5. The van der Waals surface area contributed by atoms with Crippen molar-refractivity contribution in [3.05, 3.63) is 201 Å². The maximum atomic E-state index is 12.8. The maximum Gasteiger partial charge on any atom is 0.407 e. The number of alkyl carbamates (subject to hydrolysis) is 1. The monoisotopic (exact) mass is 1500 g/mol. The predicted octanol–water partition coefficient (Wildman–Crippen LogP) is 14.1. The first kappa shape index (κ1) is 87.1. The number of ketones is 1. The molecule has 27 heteroatoms. The van der Waals surface area contributed by atoms with E-state index in [1.807, 2.05) is 96.0 Å². The Bertz CT molecular complexity index is 3760. The number of ether oxygens (including phenoxy) is 3. The summed E-state index contributed by atoms with van der Waals surface area (Å²) < 4.78 is 12.1. The second kappa shape index (κ2) is 44.2. The molecule has 0 unspecified atom stereocenters. The Hall–Kier alpha value is -8.94. The summed E-state index contributed by atoms with van der Waals surface area (Å²) in [6.45, 7) is 27.2. The Labute approximate surface area is 609 Å². The Balaban J connectivity index is 0.000000398. The van der Waals surface area contributed by atoms with Gasteiger partial charge in [0.1, 0.15) is 29.0 Å². The molecular weight excluding hydrogens is 1410 g/mol.